The molecule has 0 fully saturated rings. The summed E-state index contributed by atoms with van der Waals surface area (Å²) in [6.45, 7) is 11.3. The second kappa shape index (κ2) is 7.91. The van der Waals surface area contributed by atoms with Crippen LogP contribution in [0.3, 0.4) is 0 Å². The van der Waals surface area contributed by atoms with Crippen LogP contribution in [0.15, 0.2) is 66.7 Å². The molecule has 0 saturated carbocycles. The fourth-order valence-electron chi connectivity index (χ4n) is 4.78. The zero-order valence-electron chi connectivity index (χ0n) is 19.5. The lowest BCUT2D eigenvalue weighted by Crippen LogP contribution is -2.26. The molecule has 3 aromatic carbocycles. The van der Waals surface area contributed by atoms with E-state index in [9.17, 15) is 0 Å². The summed E-state index contributed by atoms with van der Waals surface area (Å²) in [7, 11) is -1.64. The molecule has 3 aromatic rings. The summed E-state index contributed by atoms with van der Waals surface area (Å²) in [6.07, 6.45) is 4.65. The topological polar surface area (TPSA) is 18.5 Å². The Morgan fingerprint density at radius 1 is 0.875 bits per heavy atom. The zero-order valence-corrected chi connectivity index (χ0v) is 20.5. The van der Waals surface area contributed by atoms with Gasteiger partial charge in [0.05, 0.1) is 0 Å². The molecule has 2 nitrogen and oxygen atoms in total. The van der Waals surface area contributed by atoms with E-state index in [0.29, 0.717) is 6.79 Å². The van der Waals surface area contributed by atoms with Gasteiger partial charge in [-0.3, -0.25) is 0 Å². The average Bonchev–Trinajstić information content (AvgIpc) is 3.31. The van der Waals surface area contributed by atoms with Gasteiger partial charge < -0.3 is 9.16 Å². The van der Waals surface area contributed by atoms with Crippen LogP contribution in [-0.2, 0) is 9.16 Å². The molecule has 1 atom stereocenters. The highest BCUT2D eigenvalue weighted by Crippen LogP contribution is 2.41. The molecule has 0 saturated heterocycles. The van der Waals surface area contributed by atoms with E-state index < -0.39 is 8.32 Å². The van der Waals surface area contributed by atoms with E-state index in [1.807, 2.05) is 0 Å². The highest BCUT2D eigenvalue weighted by Gasteiger charge is 2.29. The molecule has 0 heterocycles. The monoisotopic (exact) mass is 438 g/mol. The van der Waals surface area contributed by atoms with E-state index in [1.54, 1.807) is 0 Å². The number of fused-ring (bicyclic) bond motifs is 3. The molecule has 0 bridgehead atoms. The minimum Gasteiger partial charge on any atom is -0.468 e. The van der Waals surface area contributed by atoms with Crippen LogP contribution in [0.5, 0.6) is 0 Å². The SMILES string of the molecule is CC(C)=c1ccc2c(c1C1C=C(OCO[Si](C)(C)C)c3ccccc31)C=c1ccccc1=2. The van der Waals surface area contributed by atoms with Crippen molar-refractivity contribution in [2.75, 3.05) is 6.79 Å². The average molecular weight is 439 g/mol. The van der Waals surface area contributed by atoms with E-state index in [1.165, 1.54) is 48.7 Å². The third-order valence-corrected chi connectivity index (χ3v) is 7.26. The molecule has 3 heteroatoms. The van der Waals surface area contributed by atoms with Crippen molar-refractivity contribution in [3.63, 3.8) is 0 Å². The number of allylic oxidation sites excluding steroid dienone is 1. The van der Waals surface area contributed by atoms with Gasteiger partial charge in [-0.25, -0.2) is 0 Å². The molecule has 32 heavy (non-hydrogen) atoms. The van der Waals surface area contributed by atoms with Gasteiger partial charge in [0.15, 0.2) is 15.1 Å². The Balaban J connectivity index is 1.70. The normalized spacial score (nSPS) is 16.0. The van der Waals surface area contributed by atoms with E-state index >= 15 is 0 Å². The predicted octanol–water partition coefficient (Wildman–Crippen LogP) is 5.62. The van der Waals surface area contributed by atoms with E-state index in [-0.39, 0.29) is 5.92 Å². The Morgan fingerprint density at radius 3 is 2.41 bits per heavy atom. The molecule has 0 aliphatic heterocycles. The number of hydrogen-bond donors (Lipinski definition) is 0. The molecule has 0 aromatic heterocycles. The quantitative estimate of drug-likeness (QED) is 0.297. The molecule has 5 rings (SSSR count). The second-order valence-corrected chi connectivity index (χ2v) is 14.3. The van der Waals surface area contributed by atoms with Crippen LogP contribution in [0.4, 0.5) is 0 Å². The minimum atomic E-state index is -1.64. The summed E-state index contributed by atoms with van der Waals surface area (Å²) in [5.74, 6) is 1.08. The van der Waals surface area contributed by atoms with Crippen LogP contribution in [-0.4, -0.2) is 15.1 Å². The lowest BCUT2D eigenvalue weighted by molar-refractivity contribution is 0.0896. The van der Waals surface area contributed by atoms with Gasteiger partial charge in [0.1, 0.15) is 5.76 Å². The Bertz CT molecular complexity index is 1450. The molecule has 0 N–H and O–H groups in total. The van der Waals surface area contributed by atoms with Crippen LogP contribution < -0.4 is 10.4 Å². The maximum absolute atomic E-state index is 6.20. The van der Waals surface area contributed by atoms with Gasteiger partial charge in [-0.2, -0.15) is 0 Å². The maximum atomic E-state index is 6.20. The zero-order chi connectivity index (χ0) is 22.5. The van der Waals surface area contributed by atoms with Crippen molar-refractivity contribution < 1.29 is 9.16 Å². The smallest absolute Gasteiger partial charge is 0.188 e. The number of rotatable bonds is 5. The minimum absolute atomic E-state index is 0.151. The Labute approximate surface area is 191 Å². The predicted molar refractivity (Wildman–Crippen MR) is 135 cm³/mol. The fourth-order valence-corrected chi connectivity index (χ4v) is 5.19. The highest BCUT2D eigenvalue weighted by molar-refractivity contribution is 6.69. The number of ether oxygens (including phenoxy) is 1. The van der Waals surface area contributed by atoms with Gasteiger partial charge in [0, 0.05) is 11.5 Å². The fraction of sp³-hybridized carbons (Fsp3) is 0.241. The Hall–Kier alpha value is -2.88. The molecule has 2 aliphatic rings. The van der Waals surface area contributed by atoms with Crippen molar-refractivity contribution >= 4 is 25.7 Å². The summed E-state index contributed by atoms with van der Waals surface area (Å²) in [5.41, 5.74) is 6.51. The van der Waals surface area contributed by atoms with Crippen LogP contribution in [0.25, 0.3) is 17.4 Å². The first-order chi connectivity index (χ1) is 15.3. The summed E-state index contributed by atoms with van der Waals surface area (Å²) < 4.78 is 12.2. The Morgan fingerprint density at radius 2 is 1.62 bits per heavy atom. The van der Waals surface area contributed by atoms with Crippen LogP contribution >= 0.6 is 0 Å². The third-order valence-electron chi connectivity index (χ3n) is 6.27. The van der Waals surface area contributed by atoms with Crippen molar-refractivity contribution in [1.29, 1.82) is 0 Å². The van der Waals surface area contributed by atoms with Crippen molar-refractivity contribution in [3.05, 3.63) is 110 Å². The molecule has 0 spiro atoms. The first-order valence-corrected chi connectivity index (χ1v) is 14.7. The first kappa shape index (κ1) is 21.0. The number of hydrogen-bond acceptors (Lipinski definition) is 2. The summed E-state index contributed by atoms with van der Waals surface area (Å²) in [5, 5.41) is 5.26. The lowest BCUT2D eigenvalue weighted by Gasteiger charge is -2.18. The van der Waals surface area contributed by atoms with Gasteiger partial charge in [-0.1, -0.05) is 66.2 Å². The van der Waals surface area contributed by atoms with E-state index in [0.717, 1.165) is 5.76 Å². The summed E-state index contributed by atoms with van der Waals surface area (Å²) in [6, 6.07) is 21.9. The maximum Gasteiger partial charge on any atom is 0.188 e. The largest absolute Gasteiger partial charge is 0.468 e. The molecule has 2 aliphatic carbocycles. The summed E-state index contributed by atoms with van der Waals surface area (Å²) in [4.78, 5) is 0. The van der Waals surface area contributed by atoms with Crippen molar-refractivity contribution in [2.24, 2.45) is 0 Å². The van der Waals surface area contributed by atoms with Crippen LogP contribution in [0.1, 0.15) is 42.0 Å². The molecule has 0 amide bonds. The van der Waals surface area contributed by atoms with Crippen molar-refractivity contribution in [1.82, 2.24) is 0 Å². The number of benzene rings is 3. The Kier molecular flexibility index (Phi) is 5.19. The molecular weight excluding hydrogens is 408 g/mol. The van der Waals surface area contributed by atoms with Gasteiger partial charge in [-0.15, -0.1) is 0 Å². The van der Waals surface area contributed by atoms with Gasteiger partial charge in [0.2, 0.25) is 0 Å². The van der Waals surface area contributed by atoms with E-state index in [4.69, 9.17) is 9.16 Å². The lowest BCUT2D eigenvalue weighted by atomic mass is 9.86. The molecular formula is C29H30O2Si. The summed E-state index contributed by atoms with van der Waals surface area (Å²) >= 11 is 0. The molecule has 0 radical (unpaired) electrons. The molecule has 1 unspecified atom stereocenters. The van der Waals surface area contributed by atoms with Crippen LogP contribution in [0, 0.1) is 10.4 Å². The van der Waals surface area contributed by atoms with Gasteiger partial charge >= 0.3 is 0 Å². The van der Waals surface area contributed by atoms with Crippen molar-refractivity contribution in [3.8, 4) is 0 Å². The second-order valence-electron chi connectivity index (χ2n) is 9.83. The molecule has 162 valence electrons. The van der Waals surface area contributed by atoms with Gasteiger partial charge in [-0.05, 0) is 83.2 Å². The van der Waals surface area contributed by atoms with Gasteiger partial charge in [0.25, 0.3) is 0 Å². The van der Waals surface area contributed by atoms with Crippen molar-refractivity contribution in [2.45, 2.75) is 39.4 Å². The van der Waals surface area contributed by atoms with Crippen LogP contribution in [0.2, 0.25) is 19.6 Å². The standard InChI is InChI=1S/C29H30O2Si/c1-19(2)21-14-15-24-22-11-7-6-10-20(22)16-26(24)29(21)27-17-28(30-18-31-32(3,4)5)25-13-9-8-12-23(25)27/h6-17,27H,18H2,1-5H3. The highest BCUT2D eigenvalue weighted by atomic mass is 28.4. The first-order valence-electron chi connectivity index (χ1n) is 11.3. The van der Waals surface area contributed by atoms with E-state index in [2.05, 4.69) is 106 Å². The third kappa shape index (κ3) is 3.66.